The third-order valence-electron chi connectivity index (χ3n) is 6.76. The van der Waals surface area contributed by atoms with Gasteiger partial charge in [0, 0.05) is 57.5 Å². The first kappa shape index (κ1) is 22.9. The van der Waals surface area contributed by atoms with Crippen LogP contribution in [-0.2, 0) is 4.79 Å². The summed E-state index contributed by atoms with van der Waals surface area (Å²) >= 11 is 1.50. The number of fused-ring (bicyclic) bond motifs is 1. The quantitative estimate of drug-likeness (QED) is 0.484. The first-order valence-corrected chi connectivity index (χ1v) is 13.2. The van der Waals surface area contributed by atoms with E-state index < -0.39 is 0 Å². The average Bonchev–Trinajstić information content (AvgIpc) is 3.33. The smallest absolute Gasteiger partial charge is 0.264 e. The number of carbonyl (C=O) groups is 1. The minimum Gasteiger partial charge on any atom is -0.365 e. The lowest BCUT2D eigenvalue weighted by atomic mass is 10.1. The Labute approximate surface area is 212 Å². The van der Waals surface area contributed by atoms with Crippen molar-refractivity contribution in [1.29, 1.82) is 0 Å². The summed E-state index contributed by atoms with van der Waals surface area (Å²) in [5, 5.41) is 7.64. The van der Waals surface area contributed by atoms with Crippen LogP contribution in [0.3, 0.4) is 0 Å². The van der Waals surface area contributed by atoms with E-state index in [0.717, 1.165) is 36.1 Å². The molecule has 3 aliphatic rings. The molecule has 186 valence electrons. The number of H-pyrrole nitrogens is 1. The van der Waals surface area contributed by atoms with Crippen LogP contribution in [0.4, 0.5) is 11.8 Å². The van der Waals surface area contributed by atoms with Gasteiger partial charge in [-0.15, -0.1) is 11.3 Å². The normalized spacial score (nSPS) is 20.6. The molecular weight excluding hydrogens is 476 g/mol. The standard InChI is InChI=1S/C25H28N8O2S/c34-17-7-9-27-20(14-17)32-10-12-33(13-11-32)25-30-22(28-16-4-3-8-26-15-16)21(23(35)31-25)24-29-18-5-1-2-6-19(18)36-24/h1-2,5-6,9,14,16,26H,3-4,7-8,10-13,15H2,(H2,28,30,31,35)/t16-/m1/s1. The summed E-state index contributed by atoms with van der Waals surface area (Å²) in [4.78, 5) is 46.5. The summed E-state index contributed by atoms with van der Waals surface area (Å²) in [6, 6.07) is 8.10. The van der Waals surface area contributed by atoms with Gasteiger partial charge in [-0.25, -0.2) is 9.98 Å². The minimum atomic E-state index is -0.196. The molecule has 0 spiro atoms. The molecule has 36 heavy (non-hydrogen) atoms. The number of aliphatic imine (C=N–C) groups is 1. The van der Waals surface area contributed by atoms with E-state index in [2.05, 4.69) is 30.4 Å². The molecule has 0 saturated carbocycles. The number of aromatic nitrogens is 3. The van der Waals surface area contributed by atoms with Crippen LogP contribution < -0.4 is 21.1 Å². The molecule has 0 unspecified atom stereocenters. The van der Waals surface area contributed by atoms with Crippen LogP contribution in [0, 0.1) is 0 Å². The number of carbonyl (C=O) groups excluding carboxylic acids is 1. The Hall–Kier alpha value is -3.57. The Morgan fingerprint density at radius 1 is 1.06 bits per heavy atom. The number of ketones is 1. The SMILES string of the molecule is O=C1C=C(N2CCN(c3nc(N[C@@H]4CCCNC4)c(-c4nc5ccccc5s4)c(=O)[nH]3)CC2)N=CC1. The van der Waals surface area contributed by atoms with E-state index in [-0.39, 0.29) is 17.4 Å². The van der Waals surface area contributed by atoms with Gasteiger partial charge in [0.1, 0.15) is 22.2 Å². The number of allylic oxidation sites excluding steroid dienone is 1. The number of aromatic amines is 1. The van der Waals surface area contributed by atoms with E-state index in [9.17, 15) is 9.59 Å². The van der Waals surface area contributed by atoms with E-state index in [0.29, 0.717) is 60.8 Å². The maximum Gasteiger partial charge on any atom is 0.264 e. The second-order valence-electron chi connectivity index (χ2n) is 9.25. The van der Waals surface area contributed by atoms with Crippen LogP contribution in [0.15, 0.2) is 45.9 Å². The Morgan fingerprint density at radius 3 is 2.67 bits per heavy atom. The zero-order valence-electron chi connectivity index (χ0n) is 19.9. The van der Waals surface area contributed by atoms with Crippen LogP contribution in [0.25, 0.3) is 20.8 Å². The number of nitrogens with zero attached hydrogens (tertiary/aromatic N) is 5. The third-order valence-corrected chi connectivity index (χ3v) is 7.82. The lowest BCUT2D eigenvalue weighted by molar-refractivity contribution is -0.113. The number of benzene rings is 1. The van der Waals surface area contributed by atoms with Gasteiger partial charge in [-0.1, -0.05) is 12.1 Å². The van der Waals surface area contributed by atoms with Crippen molar-refractivity contribution in [2.75, 3.05) is 49.5 Å². The number of para-hydroxylation sites is 1. The first-order chi connectivity index (χ1) is 17.6. The second-order valence-corrected chi connectivity index (χ2v) is 10.3. The molecule has 0 aliphatic carbocycles. The molecule has 0 radical (unpaired) electrons. The van der Waals surface area contributed by atoms with Gasteiger partial charge in [-0.05, 0) is 31.5 Å². The lowest BCUT2D eigenvalue weighted by Crippen LogP contribution is -2.47. The van der Waals surface area contributed by atoms with Crippen molar-refractivity contribution in [3.8, 4) is 10.6 Å². The zero-order valence-corrected chi connectivity index (χ0v) is 20.7. The Morgan fingerprint density at radius 2 is 1.89 bits per heavy atom. The number of piperidine rings is 1. The number of nitrogens with one attached hydrogen (secondary N) is 3. The predicted octanol–water partition coefficient (Wildman–Crippen LogP) is 2.22. The second kappa shape index (κ2) is 9.82. The molecule has 6 rings (SSSR count). The fraction of sp³-hybridized carbons (Fsp3) is 0.400. The van der Waals surface area contributed by atoms with Crippen molar-refractivity contribution >= 4 is 45.3 Å². The summed E-state index contributed by atoms with van der Waals surface area (Å²) in [6.45, 7) is 4.54. The summed E-state index contributed by atoms with van der Waals surface area (Å²) in [5.41, 5.74) is 1.17. The molecule has 2 saturated heterocycles. The van der Waals surface area contributed by atoms with Crippen molar-refractivity contribution in [3.63, 3.8) is 0 Å². The summed E-state index contributed by atoms with van der Waals surface area (Å²) in [6.07, 6.45) is 5.74. The Kier molecular flexibility index (Phi) is 6.24. The van der Waals surface area contributed by atoms with E-state index in [1.54, 1.807) is 12.3 Å². The summed E-state index contributed by atoms with van der Waals surface area (Å²) in [5.74, 6) is 1.92. The van der Waals surface area contributed by atoms with Crippen molar-refractivity contribution in [2.24, 2.45) is 4.99 Å². The van der Waals surface area contributed by atoms with Gasteiger partial charge in [0.15, 0.2) is 5.78 Å². The highest BCUT2D eigenvalue weighted by atomic mass is 32.1. The molecule has 5 heterocycles. The maximum absolute atomic E-state index is 13.5. The highest BCUT2D eigenvalue weighted by molar-refractivity contribution is 7.21. The molecule has 3 N–H and O–H groups in total. The molecule has 3 aliphatic heterocycles. The highest BCUT2D eigenvalue weighted by Crippen LogP contribution is 2.32. The van der Waals surface area contributed by atoms with Gasteiger partial charge in [-0.3, -0.25) is 14.6 Å². The average molecular weight is 505 g/mol. The first-order valence-electron chi connectivity index (χ1n) is 12.4. The fourth-order valence-electron chi connectivity index (χ4n) is 4.85. The molecule has 2 aromatic heterocycles. The van der Waals surface area contributed by atoms with Crippen LogP contribution in [0.1, 0.15) is 19.3 Å². The molecule has 3 aromatic rings. The Bertz CT molecular complexity index is 1360. The number of thiazole rings is 1. The summed E-state index contributed by atoms with van der Waals surface area (Å²) < 4.78 is 1.04. The molecule has 0 amide bonds. The van der Waals surface area contributed by atoms with Crippen molar-refractivity contribution in [1.82, 2.24) is 25.2 Å². The number of hydrogen-bond donors (Lipinski definition) is 3. The van der Waals surface area contributed by atoms with Gasteiger partial charge >= 0.3 is 0 Å². The number of rotatable bonds is 5. The van der Waals surface area contributed by atoms with Gasteiger partial charge in [0.25, 0.3) is 5.56 Å². The monoisotopic (exact) mass is 504 g/mol. The van der Waals surface area contributed by atoms with Crippen molar-refractivity contribution in [2.45, 2.75) is 25.3 Å². The van der Waals surface area contributed by atoms with Crippen LogP contribution in [0.5, 0.6) is 0 Å². The lowest BCUT2D eigenvalue weighted by Gasteiger charge is -2.36. The predicted molar refractivity (Wildman–Crippen MR) is 143 cm³/mol. The van der Waals surface area contributed by atoms with Crippen molar-refractivity contribution < 1.29 is 4.79 Å². The van der Waals surface area contributed by atoms with Gasteiger partial charge in [-0.2, -0.15) is 4.98 Å². The molecule has 2 fully saturated rings. The zero-order chi connectivity index (χ0) is 24.5. The van der Waals surface area contributed by atoms with E-state index in [1.165, 1.54) is 11.3 Å². The third kappa shape index (κ3) is 4.63. The van der Waals surface area contributed by atoms with Crippen LogP contribution in [-0.4, -0.2) is 77.2 Å². The molecule has 11 heteroatoms. The van der Waals surface area contributed by atoms with Crippen LogP contribution >= 0.6 is 11.3 Å². The van der Waals surface area contributed by atoms with E-state index in [1.807, 2.05) is 24.3 Å². The van der Waals surface area contributed by atoms with Gasteiger partial charge < -0.3 is 20.4 Å². The topological polar surface area (TPSA) is 119 Å². The number of hydrogen-bond acceptors (Lipinski definition) is 10. The van der Waals surface area contributed by atoms with E-state index >= 15 is 0 Å². The Balaban J connectivity index is 1.30. The molecule has 10 nitrogen and oxygen atoms in total. The van der Waals surface area contributed by atoms with Crippen LogP contribution in [0.2, 0.25) is 0 Å². The summed E-state index contributed by atoms with van der Waals surface area (Å²) in [7, 11) is 0. The number of anilines is 2. The van der Waals surface area contributed by atoms with Gasteiger partial charge in [0.2, 0.25) is 5.95 Å². The molecule has 1 atom stereocenters. The largest absolute Gasteiger partial charge is 0.365 e. The molecule has 0 bridgehead atoms. The van der Waals surface area contributed by atoms with Crippen molar-refractivity contribution in [3.05, 3.63) is 46.5 Å². The van der Waals surface area contributed by atoms with E-state index in [4.69, 9.17) is 9.97 Å². The minimum absolute atomic E-state index is 0.0757. The number of piperazine rings is 1. The fourth-order valence-corrected chi connectivity index (χ4v) is 5.86. The highest BCUT2D eigenvalue weighted by Gasteiger charge is 2.26. The molecular formula is C25H28N8O2S. The maximum atomic E-state index is 13.5. The van der Waals surface area contributed by atoms with Gasteiger partial charge in [0.05, 0.1) is 10.2 Å². The molecule has 1 aromatic carbocycles.